The van der Waals surface area contributed by atoms with Crippen molar-refractivity contribution in [2.75, 3.05) is 14.1 Å². The number of thioether (sulfide) groups is 1. The van der Waals surface area contributed by atoms with Crippen molar-refractivity contribution in [3.05, 3.63) is 78.1 Å². The predicted molar refractivity (Wildman–Crippen MR) is 127 cm³/mol. The Balaban J connectivity index is 1.71. The van der Waals surface area contributed by atoms with E-state index in [0.29, 0.717) is 24.7 Å². The first-order chi connectivity index (χ1) is 15.3. The van der Waals surface area contributed by atoms with Gasteiger partial charge in [0, 0.05) is 26.4 Å². The van der Waals surface area contributed by atoms with Gasteiger partial charge in [-0.15, -0.1) is 16.8 Å². The molecule has 0 fully saturated rings. The van der Waals surface area contributed by atoms with Crippen LogP contribution in [-0.2, 0) is 35.3 Å². The fourth-order valence-corrected chi connectivity index (χ4v) is 4.85. The molecule has 32 heavy (non-hydrogen) atoms. The lowest BCUT2D eigenvalue weighted by Crippen LogP contribution is -2.22. The zero-order valence-electron chi connectivity index (χ0n) is 18.6. The monoisotopic (exact) mass is 472 g/mol. The molecule has 9 heteroatoms. The molecule has 0 saturated heterocycles. The normalized spacial score (nSPS) is 11.6. The van der Waals surface area contributed by atoms with E-state index in [0.717, 1.165) is 22.9 Å². The maximum atomic E-state index is 12.4. The number of hydrogen-bond acceptors (Lipinski definition) is 6. The Hall–Kier alpha value is -2.62. The second kappa shape index (κ2) is 10.8. The molecule has 0 saturated carbocycles. The van der Waals surface area contributed by atoms with Gasteiger partial charge >= 0.3 is 0 Å². The lowest BCUT2D eigenvalue weighted by atomic mass is 10.2. The fraction of sp³-hybridized carbons (Fsp3) is 0.304. The SMILES string of the molecule is C=CCn1c(COc2ccc(CC)cc2)nnc1SCc1cccc(S(=O)(=O)N(C)C)c1. The summed E-state index contributed by atoms with van der Waals surface area (Å²) in [5.41, 5.74) is 2.15. The summed E-state index contributed by atoms with van der Waals surface area (Å²) in [6.45, 7) is 6.79. The number of ether oxygens (including phenoxy) is 1. The zero-order chi connectivity index (χ0) is 23.1. The molecule has 0 aliphatic carbocycles. The first-order valence-electron chi connectivity index (χ1n) is 10.2. The van der Waals surface area contributed by atoms with Gasteiger partial charge in [-0.1, -0.05) is 49.0 Å². The third-order valence-corrected chi connectivity index (χ3v) is 7.70. The minimum atomic E-state index is -3.47. The summed E-state index contributed by atoms with van der Waals surface area (Å²) in [5.74, 6) is 2.05. The van der Waals surface area contributed by atoms with E-state index in [1.165, 1.54) is 35.7 Å². The van der Waals surface area contributed by atoms with Gasteiger partial charge in [0.2, 0.25) is 10.0 Å². The lowest BCUT2D eigenvalue weighted by Gasteiger charge is -2.12. The molecule has 0 N–H and O–H groups in total. The van der Waals surface area contributed by atoms with Crippen LogP contribution in [-0.4, -0.2) is 41.6 Å². The lowest BCUT2D eigenvalue weighted by molar-refractivity contribution is 0.289. The Labute approximate surface area is 194 Å². The second-order valence-corrected chi connectivity index (χ2v) is 10.4. The van der Waals surface area contributed by atoms with E-state index in [4.69, 9.17) is 4.74 Å². The molecule has 0 radical (unpaired) electrons. The van der Waals surface area contributed by atoms with Gasteiger partial charge in [-0.05, 0) is 41.8 Å². The minimum Gasteiger partial charge on any atom is -0.486 e. The molecule has 2 aromatic carbocycles. The molecule has 0 aliphatic heterocycles. The van der Waals surface area contributed by atoms with Gasteiger partial charge in [-0.25, -0.2) is 12.7 Å². The van der Waals surface area contributed by atoms with Gasteiger partial charge in [0.15, 0.2) is 11.0 Å². The third kappa shape index (κ3) is 5.79. The highest BCUT2D eigenvalue weighted by Gasteiger charge is 2.18. The fourth-order valence-electron chi connectivity index (χ4n) is 2.97. The molecule has 0 amide bonds. The highest BCUT2D eigenvalue weighted by atomic mass is 32.2. The first-order valence-corrected chi connectivity index (χ1v) is 12.7. The third-order valence-electron chi connectivity index (χ3n) is 4.85. The van der Waals surface area contributed by atoms with Crippen LogP contribution in [0.4, 0.5) is 0 Å². The Kier molecular flexibility index (Phi) is 8.11. The van der Waals surface area contributed by atoms with E-state index in [1.807, 2.05) is 22.8 Å². The van der Waals surface area contributed by atoms with Crippen molar-refractivity contribution in [1.82, 2.24) is 19.1 Å². The number of hydrogen-bond donors (Lipinski definition) is 0. The first kappa shape index (κ1) is 24.0. The van der Waals surface area contributed by atoms with E-state index < -0.39 is 10.0 Å². The average Bonchev–Trinajstić information content (AvgIpc) is 3.18. The molecule has 0 atom stereocenters. The number of allylic oxidation sites excluding steroid dienone is 1. The van der Waals surface area contributed by atoms with Gasteiger partial charge in [0.25, 0.3) is 0 Å². The average molecular weight is 473 g/mol. The molecule has 0 bridgehead atoms. The standard InChI is InChI=1S/C23H28N4O3S2/c1-5-14-27-22(16-30-20-12-10-18(6-2)11-13-20)24-25-23(27)31-17-19-8-7-9-21(15-19)32(28,29)26(3)4/h5,7-13,15H,1,6,14,16-17H2,2-4H3. The van der Waals surface area contributed by atoms with Crippen molar-refractivity contribution >= 4 is 21.8 Å². The van der Waals surface area contributed by atoms with Crippen molar-refractivity contribution in [1.29, 1.82) is 0 Å². The molecule has 3 aromatic rings. The number of nitrogens with zero attached hydrogens (tertiary/aromatic N) is 4. The maximum absolute atomic E-state index is 12.4. The van der Waals surface area contributed by atoms with Crippen molar-refractivity contribution in [3.8, 4) is 5.75 Å². The van der Waals surface area contributed by atoms with Crippen LogP contribution >= 0.6 is 11.8 Å². The largest absolute Gasteiger partial charge is 0.486 e. The van der Waals surface area contributed by atoms with Crippen molar-refractivity contribution in [2.45, 2.75) is 42.3 Å². The summed E-state index contributed by atoms with van der Waals surface area (Å²) >= 11 is 1.49. The summed E-state index contributed by atoms with van der Waals surface area (Å²) in [5, 5.41) is 9.33. The summed E-state index contributed by atoms with van der Waals surface area (Å²) in [4.78, 5) is 0.274. The number of benzene rings is 2. The van der Waals surface area contributed by atoms with Crippen LogP contribution in [0.15, 0.2) is 71.2 Å². The van der Waals surface area contributed by atoms with Gasteiger partial charge in [0.1, 0.15) is 12.4 Å². The van der Waals surface area contributed by atoms with E-state index in [1.54, 1.807) is 24.3 Å². The molecular weight excluding hydrogens is 444 g/mol. The smallest absolute Gasteiger partial charge is 0.242 e. The maximum Gasteiger partial charge on any atom is 0.242 e. The molecule has 3 rings (SSSR count). The molecule has 170 valence electrons. The topological polar surface area (TPSA) is 77.3 Å². The summed E-state index contributed by atoms with van der Waals surface area (Å²) < 4.78 is 33.8. The summed E-state index contributed by atoms with van der Waals surface area (Å²) in [6, 6.07) is 15.0. The van der Waals surface area contributed by atoms with Crippen LogP contribution < -0.4 is 4.74 Å². The molecule has 7 nitrogen and oxygen atoms in total. The predicted octanol–water partition coefficient (Wildman–Crippen LogP) is 4.15. The van der Waals surface area contributed by atoms with Crippen molar-refractivity contribution < 1.29 is 13.2 Å². The van der Waals surface area contributed by atoms with E-state index in [9.17, 15) is 8.42 Å². The van der Waals surface area contributed by atoms with Gasteiger partial charge in [-0.3, -0.25) is 4.57 Å². The molecule has 1 aromatic heterocycles. The molecular formula is C23H28N4O3S2. The van der Waals surface area contributed by atoms with Crippen LogP contribution in [0.5, 0.6) is 5.75 Å². The van der Waals surface area contributed by atoms with E-state index in [-0.39, 0.29) is 4.90 Å². The van der Waals surface area contributed by atoms with Crippen LogP contribution in [0, 0.1) is 0 Å². The Morgan fingerprint density at radius 3 is 2.53 bits per heavy atom. The summed E-state index contributed by atoms with van der Waals surface area (Å²) in [6.07, 6.45) is 2.77. The highest BCUT2D eigenvalue weighted by Crippen LogP contribution is 2.25. The molecule has 0 aliphatic rings. The number of aromatic nitrogens is 3. The summed E-state index contributed by atoms with van der Waals surface area (Å²) in [7, 11) is -0.424. The Morgan fingerprint density at radius 1 is 1.12 bits per heavy atom. The van der Waals surface area contributed by atoms with Gasteiger partial charge in [-0.2, -0.15) is 0 Å². The quantitative estimate of drug-likeness (QED) is 0.308. The number of sulfonamides is 1. The van der Waals surface area contributed by atoms with Crippen LogP contribution in [0.3, 0.4) is 0 Å². The van der Waals surface area contributed by atoms with Crippen LogP contribution in [0.2, 0.25) is 0 Å². The number of aryl methyl sites for hydroxylation is 1. The van der Waals surface area contributed by atoms with Crippen molar-refractivity contribution in [2.24, 2.45) is 0 Å². The molecule has 1 heterocycles. The second-order valence-electron chi connectivity index (χ2n) is 7.31. The molecule has 0 spiro atoms. The van der Waals surface area contributed by atoms with Gasteiger partial charge < -0.3 is 4.74 Å². The van der Waals surface area contributed by atoms with Crippen LogP contribution in [0.1, 0.15) is 23.9 Å². The Bertz CT molecular complexity index is 1160. The molecule has 0 unspecified atom stereocenters. The number of rotatable bonds is 11. The highest BCUT2D eigenvalue weighted by molar-refractivity contribution is 7.98. The van der Waals surface area contributed by atoms with Gasteiger partial charge in [0.05, 0.1) is 4.90 Å². The van der Waals surface area contributed by atoms with Crippen LogP contribution in [0.25, 0.3) is 0 Å². The zero-order valence-corrected chi connectivity index (χ0v) is 20.2. The van der Waals surface area contributed by atoms with E-state index in [2.05, 4.69) is 35.8 Å². The Morgan fingerprint density at radius 2 is 1.88 bits per heavy atom. The minimum absolute atomic E-state index is 0.274. The van der Waals surface area contributed by atoms with E-state index >= 15 is 0 Å². The van der Waals surface area contributed by atoms with Crippen molar-refractivity contribution in [3.63, 3.8) is 0 Å².